The van der Waals surface area contributed by atoms with Gasteiger partial charge in [-0.25, -0.2) is 0 Å². The number of aliphatic hydroxyl groups excluding tert-OH is 1. The average molecular weight is 263 g/mol. The van der Waals surface area contributed by atoms with Crippen molar-refractivity contribution in [1.82, 2.24) is 5.32 Å². The highest BCUT2D eigenvalue weighted by atomic mass is 16.5. The van der Waals surface area contributed by atoms with Crippen LogP contribution in [-0.2, 0) is 11.4 Å². The minimum atomic E-state index is -0.741. The quantitative estimate of drug-likeness (QED) is 0.742. The Hall–Kier alpha value is -2.19. The molecule has 0 heterocycles. The van der Waals surface area contributed by atoms with Crippen molar-refractivity contribution in [1.29, 1.82) is 0 Å². The maximum atomic E-state index is 11.7. The molecule has 0 radical (unpaired) electrons. The number of carbonyl (C=O) groups excluding carboxylic acids is 1. The fourth-order valence-corrected chi connectivity index (χ4v) is 1.49. The first-order valence-electron chi connectivity index (χ1n) is 5.78. The zero-order valence-corrected chi connectivity index (χ0v) is 11.0. The van der Waals surface area contributed by atoms with Crippen LogP contribution < -0.4 is 14.8 Å². The van der Waals surface area contributed by atoms with Crippen molar-refractivity contribution in [3.8, 4) is 23.8 Å². The summed E-state index contributed by atoms with van der Waals surface area (Å²) in [5.74, 6) is 2.80. The summed E-state index contributed by atoms with van der Waals surface area (Å²) in [6.07, 6.45) is 4.32. The lowest BCUT2D eigenvalue weighted by Gasteiger charge is -2.18. The van der Waals surface area contributed by atoms with E-state index < -0.39 is 6.10 Å². The van der Waals surface area contributed by atoms with E-state index >= 15 is 0 Å². The Morgan fingerprint density at radius 1 is 1.58 bits per heavy atom. The van der Waals surface area contributed by atoms with Crippen LogP contribution in [0.15, 0.2) is 18.2 Å². The number of nitrogens with one attached hydrogen (secondary N) is 1. The van der Waals surface area contributed by atoms with Gasteiger partial charge in [0.15, 0.2) is 17.6 Å². The van der Waals surface area contributed by atoms with Crippen LogP contribution in [0.25, 0.3) is 0 Å². The molecule has 1 aromatic carbocycles. The maximum absolute atomic E-state index is 11.7. The molecule has 102 valence electrons. The molecule has 0 aliphatic rings. The number of amides is 1. The van der Waals surface area contributed by atoms with E-state index in [4.69, 9.17) is 15.9 Å². The number of hydrogen-bond acceptors (Lipinski definition) is 4. The normalized spacial score (nSPS) is 11.3. The van der Waals surface area contributed by atoms with Gasteiger partial charge in [-0.3, -0.25) is 4.79 Å². The van der Waals surface area contributed by atoms with Crippen molar-refractivity contribution in [2.24, 2.45) is 0 Å². The van der Waals surface area contributed by atoms with E-state index in [1.807, 2.05) is 0 Å². The topological polar surface area (TPSA) is 67.8 Å². The molecular weight excluding hydrogens is 246 g/mol. The molecule has 2 N–H and O–H groups in total. The number of carbonyl (C=O) groups is 1. The summed E-state index contributed by atoms with van der Waals surface area (Å²) < 4.78 is 10.7. The highest BCUT2D eigenvalue weighted by Crippen LogP contribution is 2.31. The lowest BCUT2D eigenvalue weighted by Crippen LogP contribution is -2.36. The first kappa shape index (κ1) is 14.9. The van der Waals surface area contributed by atoms with Crippen LogP contribution in [0.2, 0.25) is 0 Å². The summed E-state index contributed by atoms with van der Waals surface area (Å²) in [7, 11) is 1.49. The summed E-state index contributed by atoms with van der Waals surface area (Å²) >= 11 is 0. The van der Waals surface area contributed by atoms with Crippen molar-refractivity contribution in [2.75, 3.05) is 13.7 Å². The molecule has 19 heavy (non-hydrogen) atoms. The summed E-state index contributed by atoms with van der Waals surface area (Å²) in [4.78, 5) is 11.7. The van der Waals surface area contributed by atoms with Gasteiger partial charge >= 0.3 is 0 Å². The lowest BCUT2D eigenvalue weighted by atomic mass is 10.2. The number of ether oxygens (including phenoxy) is 2. The largest absolute Gasteiger partial charge is 0.493 e. The van der Waals surface area contributed by atoms with E-state index in [0.29, 0.717) is 17.1 Å². The first-order valence-corrected chi connectivity index (χ1v) is 5.78. The van der Waals surface area contributed by atoms with E-state index in [0.717, 1.165) is 0 Å². The van der Waals surface area contributed by atoms with Crippen molar-refractivity contribution >= 4 is 5.91 Å². The number of rotatable bonds is 6. The van der Waals surface area contributed by atoms with E-state index in [9.17, 15) is 9.90 Å². The highest BCUT2D eigenvalue weighted by Gasteiger charge is 2.18. The minimum absolute atomic E-state index is 0.144. The summed E-state index contributed by atoms with van der Waals surface area (Å²) in [6, 6.07) is 5.13. The molecule has 5 nitrogen and oxygen atoms in total. The third-order valence-electron chi connectivity index (χ3n) is 2.48. The smallest absolute Gasteiger partial charge is 0.261 e. The van der Waals surface area contributed by atoms with Gasteiger partial charge in [0.1, 0.15) is 0 Å². The van der Waals surface area contributed by atoms with Crippen LogP contribution >= 0.6 is 0 Å². The van der Waals surface area contributed by atoms with E-state index in [2.05, 4.69) is 11.2 Å². The predicted molar refractivity (Wildman–Crippen MR) is 70.8 cm³/mol. The van der Waals surface area contributed by atoms with Gasteiger partial charge in [0.25, 0.3) is 5.91 Å². The van der Waals surface area contributed by atoms with Gasteiger partial charge in [0.2, 0.25) is 0 Å². The van der Waals surface area contributed by atoms with Crippen LogP contribution in [-0.4, -0.2) is 30.8 Å². The molecule has 1 unspecified atom stereocenters. The lowest BCUT2D eigenvalue weighted by molar-refractivity contribution is -0.127. The maximum Gasteiger partial charge on any atom is 0.261 e. The number of benzene rings is 1. The van der Waals surface area contributed by atoms with Crippen LogP contribution in [0.5, 0.6) is 11.5 Å². The van der Waals surface area contributed by atoms with Gasteiger partial charge < -0.3 is 19.9 Å². The summed E-state index contributed by atoms with van der Waals surface area (Å²) in [5.41, 5.74) is 0.552. The third kappa shape index (κ3) is 3.90. The molecule has 5 heteroatoms. The number of methoxy groups -OCH3 is 1. The Bertz CT molecular complexity index is 457. The van der Waals surface area contributed by atoms with Crippen molar-refractivity contribution in [3.05, 3.63) is 23.8 Å². The molecular formula is C14H17NO4. The van der Waals surface area contributed by atoms with Gasteiger partial charge in [0.05, 0.1) is 20.3 Å². The zero-order valence-electron chi connectivity index (χ0n) is 11.0. The van der Waals surface area contributed by atoms with E-state index in [1.54, 1.807) is 25.1 Å². The summed E-state index contributed by atoms with van der Waals surface area (Å²) in [5, 5.41) is 11.8. The molecule has 0 bridgehead atoms. The highest BCUT2D eigenvalue weighted by molar-refractivity contribution is 5.81. The number of hydrogen-bond donors (Lipinski definition) is 2. The molecule has 0 saturated carbocycles. The molecule has 0 saturated heterocycles. The SMILES string of the molecule is C#CCNC(=O)C(C)Oc1c(CO)cccc1OC. The fourth-order valence-electron chi connectivity index (χ4n) is 1.49. The standard InChI is InChI=1S/C14H17NO4/c1-4-8-15-14(17)10(2)19-13-11(9-16)6-5-7-12(13)18-3/h1,5-7,10,16H,8-9H2,2-3H3,(H,15,17). The minimum Gasteiger partial charge on any atom is -0.493 e. The Kier molecular flexibility index (Phi) is 5.71. The van der Waals surface area contributed by atoms with Gasteiger partial charge in [-0.05, 0) is 13.0 Å². The van der Waals surface area contributed by atoms with Gasteiger partial charge in [-0.15, -0.1) is 6.42 Å². The second-order valence-corrected chi connectivity index (χ2v) is 3.79. The molecule has 0 fully saturated rings. The van der Waals surface area contributed by atoms with Gasteiger partial charge in [0, 0.05) is 5.56 Å². The Morgan fingerprint density at radius 3 is 2.89 bits per heavy atom. The monoisotopic (exact) mass is 263 g/mol. The molecule has 0 spiro atoms. The number of aliphatic hydroxyl groups is 1. The van der Waals surface area contributed by atoms with Crippen molar-refractivity contribution < 1.29 is 19.4 Å². The first-order chi connectivity index (χ1) is 9.13. The zero-order chi connectivity index (χ0) is 14.3. The Balaban J connectivity index is 2.86. The van der Waals surface area contributed by atoms with E-state index in [1.165, 1.54) is 7.11 Å². The number of terminal acetylenes is 1. The van der Waals surface area contributed by atoms with Crippen LogP contribution in [0.4, 0.5) is 0 Å². The Labute approximate surface area is 112 Å². The number of para-hydroxylation sites is 1. The molecule has 0 aliphatic heterocycles. The van der Waals surface area contributed by atoms with Crippen molar-refractivity contribution in [3.63, 3.8) is 0 Å². The molecule has 1 aromatic rings. The molecule has 1 atom stereocenters. The predicted octanol–water partition coefficient (Wildman–Crippen LogP) is 0.704. The molecule has 1 rings (SSSR count). The van der Waals surface area contributed by atoms with Crippen LogP contribution in [0.3, 0.4) is 0 Å². The molecule has 0 aromatic heterocycles. The van der Waals surface area contributed by atoms with E-state index in [-0.39, 0.29) is 19.1 Å². The molecule has 0 aliphatic carbocycles. The fraction of sp³-hybridized carbons (Fsp3) is 0.357. The molecule has 1 amide bonds. The third-order valence-corrected chi connectivity index (χ3v) is 2.48. The second kappa shape index (κ2) is 7.29. The summed E-state index contributed by atoms with van der Waals surface area (Å²) in [6.45, 7) is 1.54. The van der Waals surface area contributed by atoms with Crippen molar-refractivity contribution in [2.45, 2.75) is 19.6 Å². The average Bonchev–Trinajstić information content (AvgIpc) is 2.44. The second-order valence-electron chi connectivity index (χ2n) is 3.79. The van der Waals surface area contributed by atoms with Gasteiger partial charge in [-0.1, -0.05) is 18.1 Å². The van der Waals surface area contributed by atoms with Crippen LogP contribution in [0.1, 0.15) is 12.5 Å². The Morgan fingerprint density at radius 2 is 2.32 bits per heavy atom. The van der Waals surface area contributed by atoms with Crippen LogP contribution in [0, 0.1) is 12.3 Å². The van der Waals surface area contributed by atoms with Gasteiger partial charge in [-0.2, -0.15) is 0 Å².